The zero-order valence-electron chi connectivity index (χ0n) is 18.2. The molecule has 2 aromatic rings. The lowest BCUT2D eigenvalue weighted by Crippen LogP contribution is -2.50. The van der Waals surface area contributed by atoms with Gasteiger partial charge in [0.2, 0.25) is 0 Å². The van der Waals surface area contributed by atoms with Gasteiger partial charge in [0, 0.05) is 17.2 Å². The Morgan fingerprint density at radius 1 is 0.971 bits per heavy atom. The lowest BCUT2D eigenvalue weighted by Gasteiger charge is -2.31. The summed E-state index contributed by atoms with van der Waals surface area (Å²) in [5, 5.41) is 24.9. The summed E-state index contributed by atoms with van der Waals surface area (Å²) >= 11 is 5.91. The van der Waals surface area contributed by atoms with Gasteiger partial charge in [0.1, 0.15) is 5.56 Å². The number of carbonyl (C=O) groups is 3. The number of hydrogen-bond donors (Lipinski definition) is 0. The predicted molar refractivity (Wildman–Crippen MR) is 121 cm³/mol. The van der Waals surface area contributed by atoms with Crippen molar-refractivity contribution in [3.63, 3.8) is 0 Å². The van der Waals surface area contributed by atoms with Crippen LogP contribution in [0, 0.1) is 43.9 Å². The summed E-state index contributed by atoms with van der Waals surface area (Å²) in [6, 6.07) is 8.99. The molecule has 1 saturated heterocycles. The molecule has 180 valence electrons. The molecule has 2 bridgehead atoms. The zero-order valence-corrected chi connectivity index (χ0v) is 19.0. The van der Waals surface area contributed by atoms with Gasteiger partial charge in [-0.25, -0.2) is 5.01 Å². The van der Waals surface area contributed by atoms with Crippen LogP contribution in [0.25, 0.3) is 0 Å². The number of nitro groups is 2. The first-order valence-corrected chi connectivity index (χ1v) is 11.4. The number of hydrazine groups is 1. The Kier molecular flexibility index (Phi) is 5.51. The molecule has 0 radical (unpaired) electrons. The molecule has 3 aliphatic rings. The summed E-state index contributed by atoms with van der Waals surface area (Å²) in [6.07, 6.45) is 2.42. The minimum absolute atomic E-state index is 0.0203. The number of fused-ring (bicyclic) bond motifs is 5. The smallest absolute Gasteiger partial charge is 0.272 e. The molecule has 35 heavy (non-hydrogen) atoms. The fourth-order valence-electron chi connectivity index (χ4n) is 5.82. The van der Waals surface area contributed by atoms with E-state index in [4.69, 9.17) is 11.6 Å². The number of hydrogen-bond acceptors (Lipinski definition) is 7. The van der Waals surface area contributed by atoms with Crippen molar-refractivity contribution < 1.29 is 24.2 Å². The first-order chi connectivity index (χ1) is 16.7. The maximum atomic E-state index is 13.7. The quantitative estimate of drug-likeness (QED) is 0.335. The molecule has 12 heteroatoms. The Morgan fingerprint density at radius 3 is 2.17 bits per heavy atom. The van der Waals surface area contributed by atoms with E-state index in [1.54, 1.807) is 0 Å². The number of rotatable bonds is 6. The second-order valence-electron chi connectivity index (χ2n) is 9.04. The van der Waals surface area contributed by atoms with Gasteiger partial charge in [0.15, 0.2) is 0 Å². The van der Waals surface area contributed by atoms with Gasteiger partial charge in [-0.05, 0) is 49.3 Å². The molecule has 2 aromatic carbocycles. The van der Waals surface area contributed by atoms with Crippen LogP contribution in [-0.4, -0.2) is 37.6 Å². The van der Waals surface area contributed by atoms with E-state index in [1.165, 1.54) is 30.3 Å². The second-order valence-corrected chi connectivity index (χ2v) is 9.48. The van der Waals surface area contributed by atoms with Gasteiger partial charge >= 0.3 is 0 Å². The summed E-state index contributed by atoms with van der Waals surface area (Å²) < 4.78 is 0. The van der Waals surface area contributed by atoms with Crippen molar-refractivity contribution in [3.05, 3.63) is 78.8 Å². The molecule has 3 fully saturated rings. The SMILES string of the molecule is O=C(c1ccccc1[N+](=O)[O-])N(Cc1ccc(Cl)cc1[N+](=O)[O-])N1C(=O)[C@@H]2[C@H]3CC[C@@H](C3)[C@@H]2C1=O. The van der Waals surface area contributed by atoms with Crippen LogP contribution in [0.5, 0.6) is 0 Å². The first-order valence-electron chi connectivity index (χ1n) is 11.0. The van der Waals surface area contributed by atoms with E-state index in [0.29, 0.717) is 0 Å². The van der Waals surface area contributed by atoms with Crippen LogP contribution in [0.3, 0.4) is 0 Å². The first kappa shape index (κ1) is 22.9. The molecular weight excluding hydrogens is 480 g/mol. The van der Waals surface area contributed by atoms with E-state index in [2.05, 4.69) is 0 Å². The van der Waals surface area contributed by atoms with Crippen LogP contribution in [0.15, 0.2) is 42.5 Å². The highest BCUT2D eigenvalue weighted by Crippen LogP contribution is 2.56. The van der Waals surface area contributed by atoms with Gasteiger partial charge in [0.05, 0.1) is 33.8 Å². The molecule has 4 atom stereocenters. The van der Waals surface area contributed by atoms with Crippen molar-refractivity contribution in [3.8, 4) is 0 Å². The standard InChI is InChI=1S/C23H19ClN4O7/c24-15-8-7-14(18(10-15)28(34)35)11-25(21(29)16-3-1-2-4-17(16)27(32)33)26-22(30)19-12-5-6-13(9-12)20(19)23(26)31/h1-4,7-8,10,12-13,19-20H,5-6,9,11H2/t12-,13-,19-,20+/m0/s1. The number of carbonyl (C=O) groups excluding carboxylic acids is 3. The summed E-state index contributed by atoms with van der Waals surface area (Å²) in [4.78, 5) is 62.4. The Labute approximate surface area is 203 Å². The molecule has 0 unspecified atom stereocenters. The number of para-hydroxylation sites is 1. The van der Waals surface area contributed by atoms with Crippen LogP contribution in [0.2, 0.25) is 5.02 Å². The topological polar surface area (TPSA) is 144 Å². The Hall–Kier alpha value is -3.86. The minimum atomic E-state index is -0.976. The van der Waals surface area contributed by atoms with Crippen molar-refractivity contribution in [2.75, 3.05) is 0 Å². The Balaban J connectivity index is 1.60. The molecule has 2 saturated carbocycles. The third kappa shape index (κ3) is 3.63. The number of nitrogens with zero attached hydrogens (tertiary/aromatic N) is 4. The van der Waals surface area contributed by atoms with E-state index in [1.807, 2.05) is 0 Å². The Bertz CT molecular complexity index is 1270. The van der Waals surface area contributed by atoms with Gasteiger partial charge in [-0.2, -0.15) is 5.01 Å². The van der Waals surface area contributed by atoms with Crippen LogP contribution < -0.4 is 0 Å². The number of benzene rings is 2. The largest absolute Gasteiger partial charge is 0.282 e. The summed E-state index contributed by atoms with van der Waals surface area (Å²) in [5.74, 6) is -3.09. The summed E-state index contributed by atoms with van der Waals surface area (Å²) in [5.41, 5.74) is -1.23. The van der Waals surface area contributed by atoms with Gasteiger partial charge in [0.25, 0.3) is 29.1 Å². The van der Waals surface area contributed by atoms with E-state index < -0.39 is 57.3 Å². The second kappa shape index (κ2) is 8.42. The number of imide groups is 1. The maximum Gasteiger partial charge on any atom is 0.282 e. The van der Waals surface area contributed by atoms with Crippen LogP contribution in [0.1, 0.15) is 35.2 Å². The monoisotopic (exact) mass is 498 g/mol. The zero-order chi connectivity index (χ0) is 25.0. The van der Waals surface area contributed by atoms with E-state index in [9.17, 15) is 34.6 Å². The molecule has 0 N–H and O–H groups in total. The van der Waals surface area contributed by atoms with E-state index in [0.717, 1.165) is 41.4 Å². The number of amides is 3. The van der Waals surface area contributed by atoms with E-state index >= 15 is 0 Å². The fraction of sp³-hybridized carbons (Fsp3) is 0.348. The normalized spacial score (nSPS) is 24.5. The fourth-order valence-corrected chi connectivity index (χ4v) is 5.99. The average molecular weight is 499 g/mol. The summed E-state index contributed by atoms with van der Waals surface area (Å²) in [7, 11) is 0. The van der Waals surface area contributed by atoms with Crippen LogP contribution >= 0.6 is 11.6 Å². The molecule has 11 nitrogen and oxygen atoms in total. The lowest BCUT2D eigenvalue weighted by molar-refractivity contribution is -0.385. The van der Waals surface area contributed by atoms with Crippen molar-refractivity contribution in [1.82, 2.24) is 10.0 Å². The number of nitro benzene ring substituents is 2. The van der Waals surface area contributed by atoms with E-state index in [-0.39, 0.29) is 28.0 Å². The van der Waals surface area contributed by atoms with Crippen molar-refractivity contribution >= 4 is 40.7 Å². The predicted octanol–water partition coefficient (Wildman–Crippen LogP) is 3.74. The molecule has 0 aromatic heterocycles. The van der Waals surface area contributed by atoms with Gasteiger partial charge in [-0.1, -0.05) is 23.7 Å². The molecule has 3 amide bonds. The van der Waals surface area contributed by atoms with Crippen LogP contribution in [0.4, 0.5) is 11.4 Å². The minimum Gasteiger partial charge on any atom is -0.272 e. The van der Waals surface area contributed by atoms with Crippen molar-refractivity contribution in [2.45, 2.75) is 25.8 Å². The van der Waals surface area contributed by atoms with Gasteiger partial charge in [-0.3, -0.25) is 34.6 Å². The maximum absolute atomic E-state index is 13.7. The third-order valence-corrected chi connectivity index (χ3v) is 7.51. The molecular formula is C23H19ClN4O7. The van der Waals surface area contributed by atoms with Crippen molar-refractivity contribution in [2.24, 2.45) is 23.7 Å². The highest BCUT2D eigenvalue weighted by molar-refractivity contribution is 6.30. The average Bonchev–Trinajstić information content (AvgIpc) is 3.52. The highest BCUT2D eigenvalue weighted by atomic mass is 35.5. The van der Waals surface area contributed by atoms with Crippen LogP contribution in [-0.2, 0) is 16.1 Å². The summed E-state index contributed by atoms with van der Waals surface area (Å²) in [6.45, 7) is -0.523. The lowest BCUT2D eigenvalue weighted by atomic mass is 9.81. The number of halogens is 1. The third-order valence-electron chi connectivity index (χ3n) is 7.28. The molecule has 0 spiro atoms. The van der Waals surface area contributed by atoms with Gasteiger partial charge in [-0.15, -0.1) is 0 Å². The highest BCUT2D eigenvalue weighted by Gasteiger charge is 2.62. The molecule has 1 aliphatic heterocycles. The van der Waals surface area contributed by atoms with Gasteiger partial charge < -0.3 is 0 Å². The molecule has 1 heterocycles. The molecule has 2 aliphatic carbocycles. The van der Waals surface area contributed by atoms with Crippen molar-refractivity contribution in [1.29, 1.82) is 0 Å². The molecule has 5 rings (SSSR count). The Morgan fingerprint density at radius 2 is 1.57 bits per heavy atom.